The molecule has 26 heavy (non-hydrogen) atoms. The lowest BCUT2D eigenvalue weighted by Crippen LogP contribution is -2.16. The number of hydrogen-bond acceptors (Lipinski definition) is 5. The van der Waals surface area contributed by atoms with Crippen molar-refractivity contribution in [3.63, 3.8) is 0 Å². The molecule has 0 bridgehead atoms. The highest BCUT2D eigenvalue weighted by Gasteiger charge is 2.06. The van der Waals surface area contributed by atoms with Crippen molar-refractivity contribution in [1.29, 1.82) is 0 Å². The molecule has 0 atom stereocenters. The maximum Gasteiger partial charge on any atom is 0.226 e. The standard InChI is InChI=1S/C20H26N2O4/c1-14(2)26-17-8-5-15(6-9-17)22-20(23)11-12-21-16-7-10-18(24-3)19(13-16)25-4/h5-10,13-14,21H,11-12H2,1-4H3,(H,22,23). The Bertz CT molecular complexity index is 714. The van der Waals surface area contributed by atoms with Crippen molar-refractivity contribution in [2.45, 2.75) is 26.4 Å². The van der Waals surface area contributed by atoms with Crippen LogP contribution in [0.3, 0.4) is 0 Å². The van der Waals surface area contributed by atoms with Gasteiger partial charge in [0.1, 0.15) is 5.75 Å². The minimum atomic E-state index is -0.0597. The van der Waals surface area contributed by atoms with Crippen LogP contribution in [-0.4, -0.2) is 32.8 Å². The number of methoxy groups -OCH3 is 2. The first-order valence-corrected chi connectivity index (χ1v) is 8.54. The van der Waals surface area contributed by atoms with E-state index in [0.29, 0.717) is 24.5 Å². The summed E-state index contributed by atoms with van der Waals surface area (Å²) >= 11 is 0. The number of carbonyl (C=O) groups is 1. The number of amides is 1. The molecular weight excluding hydrogens is 332 g/mol. The largest absolute Gasteiger partial charge is 0.493 e. The minimum Gasteiger partial charge on any atom is -0.493 e. The van der Waals surface area contributed by atoms with Gasteiger partial charge in [0.2, 0.25) is 5.91 Å². The molecule has 0 aliphatic heterocycles. The van der Waals surface area contributed by atoms with Crippen molar-refractivity contribution >= 4 is 17.3 Å². The van der Waals surface area contributed by atoms with Crippen LogP contribution in [0, 0.1) is 0 Å². The Kier molecular flexibility index (Phi) is 7.14. The van der Waals surface area contributed by atoms with Crippen LogP contribution >= 0.6 is 0 Å². The predicted octanol–water partition coefficient (Wildman–Crippen LogP) is 3.93. The molecule has 0 radical (unpaired) electrons. The van der Waals surface area contributed by atoms with Gasteiger partial charge in [-0.15, -0.1) is 0 Å². The van der Waals surface area contributed by atoms with E-state index in [0.717, 1.165) is 17.1 Å². The predicted molar refractivity (Wildman–Crippen MR) is 103 cm³/mol. The fourth-order valence-electron chi connectivity index (χ4n) is 2.38. The highest BCUT2D eigenvalue weighted by molar-refractivity contribution is 5.91. The van der Waals surface area contributed by atoms with Crippen LogP contribution in [0.15, 0.2) is 42.5 Å². The number of ether oxygens (including phenoxy) is 3. The molecule has 2 N–H and O–H groups in total. The van der Waals surface area contributed by atoms with E-state index >= 15 is 0 Å². The van der Waals surface area contributed by atoms with Gasteiger partial charge in [-0.25, -0.2) is 0 Å². The Hall–Kier alpha value is -2.89. The Balaban J connectivity index is 1.80. The molecule has 2 rings (SSSR count). The number of benzene rings is 2. The van der Waals surface area contributed by atoms with Gasteiger partial charge in [0.05, 0.1) is 20.3 Å². The van der Waals surface area contributed by atoms with Crippen LogP contribution in [-0.2, 0) is 4.79 Å². The Morgan fingerprint density at radius 1 is 0.962 bits per heavy atom. The monoisotopic (exact) mass is 358 g/mol. The van der Waals surface area contributed by atoms with Crippen LogP contribution < -0.4 is 24.8 Å². The molecule has 0 saturated carbocycles. The van der Waals surface area contributed by atoms with Crippen molar-refractivity contribution in [1.82, 2.24) is 0 Å². The van der Waals surface area contributed by atoms with Gasteiger partial charge < -0.3 is 24.8 Å². The highest BCUT2D eigenvalue weighted by Crippen LogP contribution is 2.29. The summed E-state index contributed by atoms with van der Waals surface area (Å²) in [7, 11) is 3.18. The topological polar surface area (TPSA) is 68.8 Å². The molecule has 0 unspecified atom stereocenters. The second-order valence-corrected chi connectivity index (χ2v) is 5.99. The van der Waals surface area contributed by atoms with E-state index in [1.165, 1.54) is 0 Å². The normalized spacial score (nSPS) is 10.3. The van der Waals surface area contributed by atoms with Gasteiger partial charge in [0.25, 0.3) is 0 Å². The maximum absolute atomic E-state index is 12.1. The lowest BCUT2D eigenvalue weighted by molar-refractivity contribution is -0.115. The third-order valence-corrected chi connectivity index (χ3v) is 3.57. The van der Waals surface area contributed by atoms with Gasteiger partial charge in [-0.1, -0.05) is 0 Å². The van der Waals surface area contributed by atoms with Crippen molar-refractivity contribution < 1.29 is 19.0 Å². The molecular formula is C20H26N2O4. The van der Waals surface area contributed by atoms with Gasteiger partial charge in [0.15, 0.2) is 11.5 Å². The Morgan fingerprint density at radius 3 is 2.23 bits per heavy atom. The van der Waals surface area contributed by atoms with Crippen molar-refractivity contribution in [2.24, 2.45) is 0 Å². The molecule has 6 heteroatoms. The van der Waals surface area contributed by atoms with Crippen LogP contribution in [0.2, 0.25) is 0 Å². The second-order valence-electron chi connectivity index (χ2n) is 5.99. The zero-order valence-electron chi connectivity index (χ0n) is 15.7. The molecule has 1 amide bonds. The Labute approximate surface area is 154 Å². The van der Waals surface area contributed by atoms with Gasteiger partial charge in [0, 0.05) is 30.4 Å². The molecule has 0 aliphatic rings. The van der Waals surface area contributed by atoms with Crippen LogP contribution in [0.25, 0.3) is 0 Å². The quantitative estimate of drug-likeness (QED) is 0.711. The lowest BCUT2D eigenvalue weighted by atomic mass is 10.2. The number of nitrogens with one attached hydrogen (secondary N) is 2. The van der Waals surface area contributed by atoms with Crippen LogP contribution in [0.5, 0.6) is 17.2 Å². The average Bonchev–Trinajstić information content (AvgIpc) is 2.62. The second kappa shape index (κ2) is 9.56. The summed E-state index contributed by atoms with van der Waals surface area (Å²) in [5.41, 5.74) is 1.61. The van der Waals surface area contributed by atoms with Gasteiger partial charge in [-0.3, -0.25) is 4.79 Å². The highest BCUT2D eigenvalue weighted by atomic mass is 16.5. The van der Waals surface area contributed by atoms with Crippen molar-refractivity contribution in [3.8, 4) is 17.2 Å². The first-order valence-electron chi connectivity index (χ1n) is 8.54. The molecule has 0 spiro atoms. The van der Waals surface area contributed by atoms with Crippen molar-refractivity contribution in [3.05, 3.63) is 42.5 Å². The summed E-state index contributed by atoms with van der Waals surface area (Å²) < 4.78 is 16.0. The zero-order valence-corrected chi connectivity index (χ0v) is 15.7. The third-order valence-electron chi connectivity index (χ3n) is 3.57. The summed E-state index contributed by atoms with van der Waals surface area (Å²) in [6.45, 7) is 4.46. The van der Waals surface area contributed by atoms with E-state index in [1.807, 2.05) is 56.3 Å². The van der Waals surface area contributed by atoms with Crippen molar-refractivity contribution in [2.75, 3.05) is 31.4 Å². The molecule has 2 aromatic rings. The summed E-state index contributed by atoms with van der Waals surface area (Å²) in [6.07, 6.45) is 0.469. The average molecular weight is 358 g/mol. The first-order chi connectivity index (χ1) is 12.5. The molecule has 2 aromatic carbocycles. The number of anilines is 2. The third kappa shape index (κ3) is 5.88. The molecule has 0 fully saturated rings. The van der Waals surface area contributed by atoms with E-state index in [1.54, 1.807) is 14.2 Å². The SMILES string of the molecule is COc1ccc(NCCC(=O)Nc2ccc(OC(C)C)cc2)cc1OC. The fraction of sp³-hybridized carbons (Fsp3) is 0.350. The maximum atomic E-state index is 12.1. The van der Waals surface area contributed by atoms with Crippen LogP contribution in [0.4, 0.5) is 11.4 Å². The van der Waals surface area contributed by atoms with Gasteiger partial charge >= 0.3 is 0 Å². The van der Waals surface area contributed by atoms with E-state index in [9.17, 15) is 4.79 Å². The number of carbonyl (C=O) groups excluding carboxylic acids is 1. The molecule has 0 aromatic heterocycles. The van der Waals surface area contributed by atoms with Crippen LogP contribution in [0.1, 0.15) is 20.3 Å². The molecule has 0 heterocycles. The zero-order chi connectivity index (χ0) is 18.9. The van der Waals surface area contributed by atoms with E-state index in [2.05, 4.69) is 10.6 Å². The molecule has 0 saturated heterocycles. The molecule has 6 nitrogen and oxygen atoms in total. The van der Waals surface area contributed by atoms with Gasteiger partial charge in [-0.05, 0) is 50.2 Å². The molecule has 0 aliphatic carbocycles. The summed E-state index contributed by atoms with van der Waals surface area (Å²) in [6, 6.07) is 12.9. The molecule has 140 valence electrons. The van der Waals surface area contributed by atoms with E-state index in [-0.39, 0.29) is 12.0 Å². The summed E-state index contributed by atoms with van der Waals surface area (Å²) in [5, 5.41) is 6.07. The lowest BCUT2D eigenvalue weighted by Gasteiger charge is -2.12. The van der Waals surface area contributed by atoms with Gasteiger partial charge in [-0.2, -0.15) is 0 Å². The summed E-state index contributed by atoms with van der Waals surface area (Å²) in [5.74, 6) is 2.04. The number of rotatable bonds is 9. The fourth-order valence-corrected chi connectivity index (χ4v) is 2.38. The van der Waals surface area contributed by atoms with E-state index in [4.69, 9.17) is 14.2 Å². The minimum absolute atomic E-state index is 0.0597. The summed E-state index contributed by atoms with van der Waals surface area (Å²) in [4.78, 5) is 12.1. The smallest absolute Gasteiger partial charge is 0.226 e. The van der Waals surface area contributed by atoms with E-state index < -0.39 is 0 Å². The first kappa shape index (κ1) is 19.4. The Morgan fingerprint density at radius 2 is 1.62 bits per heavy atom. The number of hydrogen-bond donors (Lipinski definition) is 2.